The van der Waals surface area contributed by atoms with E-state index >= 15 is 0 Å². The Morgan fingerprint density at radius 2 is 1.81 bits per heavy atom. The molecule has 5 N–H and O–H groups in total. The van der Waals surface area contributed by atoms with E-state index in [1.807, 2.05) is 48.7 Å². The molecule has 0 saturated heterocycles. The molecule has 8 nitrogen and oxygen atoms in total. The number of rotatable bonds is 10. The van der Waals surface area contributed by atoms with Gasteiger partial charge in [0.2, 0.25) is 5.91 Å². The van der Waals surface area contributed by atoms with Gasteiger partial charge in [0.25, 0.3) is 0 Å². The highest BCUT2D eigenvalue weighted by Crippen LogP contribution is 2.52. The van der Waals surface area contributed by atoms with Gasteiger partial charge in [-0.25, -0.2) is 4.79 Å². The van der Waals surface area contributed by atoms with Crippen molar-refractivity contribution in [2.24, 2.45) is 0 Å². The highest BCUT2D eigenvalue weighted by Gasteiger charge is 2.50. The van der Waals surface area contributed by atoms with E-state index in [0.717, 1.165) is 70.9 Å². The number of H-pyrrole nitrogens is 1. The molecular weight excluding hydrogens is 530 g/mol. The number of fused-ring (bicyclic) bond motifs is 3. The number of ether oxygens (including phenoxy) is 1. The minimum absolute atomic E-state index is 0.0653. The van der Waals surface area contributed by atoms with E-state index in [1.165, 1.54) is 0 Å². The number of carbonyl (C=O) groups is 2. The molecule has 3 aromatic carbocycles. The van der Waals surface area contributed by atoms with Crippen LogP contribution >= 0.6 is 0 Å². The number of hydrogen-bond acceptors (Lipinski definition) is 5. The van der Waals surface area contributed by atoms with Gasteiger partial charge in [-0.3, -0.25) is 4.79 Å². The van der Waals surface area contributed by atoms with Crippen LogP contribution < -0.4 is 15.4 Å². The molecule has 1 aliphatic carbocycles. The highest BCUT2D eigenvalue weighted by molar-refractivity contribution is 6.07. The van der Waals surface area contributed by atoms with Crippen LogP contribution in [0.3, 0.4) is 0 Å². The fourth-order valence-corrected chi connectivity index (χ4v) is 6.63. The molecule has 1 saturated carbocycles. The fourth-order valence-electron chi connectivity index (χ4n) is 6.63. The van der Waals surface area contributed by atoms with E-state index in [1.54, 1.807) is 12.1 Å². The lowest BCUT2D eigenvalue weighted by molar-refractivity contribution is -0.120. The van der Waals surface area contributed by atoms with Gasteiger partial charge in [-0.1, -0.05) is 49.2 Å². The van der Waals surface area contributed by atoms with Gasteiger partial charge >= 0.3 is 5.97 Å². The molecule has 4 aromatic rings. The van der Waals surface area contributed by atoms with Gasteiger partial charge in [-0.05, 0) is 68.5 Å². The summed E-state index contributed by atoms with van der Waals surface area (Å²) in [5.74, 6) is -0.197. The summed E-state index contributed by atoms with van der Waals surface area (Å²) in [7, 11) is 0. The number of aromatic nitrogens is 1. The maximum atomic E-state index is 12.8. The number of aromatic amines is 1. The van der Waals surface area contributed by atoms with E-state index in [2.05, 4.69) is 35.5 Å². The molecule has 42 heavy (non-hydrogen) atoms. The van der Waals surface area contributed by atoms with Crippen molar-refractivity contribution in [2.45, 2.75) is 63.0 Å². The first-order valence-electron chi connectivity index (χ1n) is 14.6. The molecule has 1 fully saturated rings. The third-order valence-electron chi connectivity index (χ3n) is 8.77. The lowest BCUT2D eigenvalue weighted by Gasteiger charge is -2.28. The van der Waals surface area contributed by atoms with Crippen LogP contribution in [-0.4, -0.2) is 51.9 Å². The molecule has 1 aliphatic heterocycles. The van der Waals surface area contributed by atoms with Crippen molar-refractivity contribution >= 4 is 28.5 Å². The predicted octanol–water partition coefficient (Wildman–Crippen LogP) is 5.65. The number of aliphatic hydroxyl groups excluding tert-OH is 1. The summed E-state index contributed by atoms with van der Waals surface area (Å²) in [6, 6.07) is 18.7. The number of hydrogen-bond donors (Lipinski definition) is 5. The zero-order valence-corrected chi connectivity index (χ0v) is 24.0. The Bertz CT molecular complexity index is 1630. The van der Waals surface area contributed by atoms with Crippen molar-refractivity contribution in [1.29, 1.82) is 0 Å². The first-order valence-corrected chi connectivity index (χ1v) is 14.6. The maximum absolute atomic E-state index is 12.8. The zero-order valence-electron chi connectivity index (χ0n) is 24.0. The van der Waals surface area contributed by atoms with Crippen LogP contribution in [0, 0.1) is 0 Å². The lowest BCUT2D eigenvalue weighted by Crippen LogP contribution is -2.46. The first kappa shape index (κ1) is 28.0. The number of benzene rings is 3. The Labute approximate surface area is 245 Å². The van der Waals surface area contributed by atoms with Crippen molar-refractivity contribution < 1.29 is 24.5 Å². The molecule has 1 unspecified atom stereocenters. The Morgan fingerprint density at radius 1 is 1.07 bits per heavy atom. The van der Waals surface area contributed by atoms with E-state index in [0.29, 0.717) is 12.3 Å². The minimum atomic E-state index is -0.942. The van der Waals surface area contributed by atoms with Crippen molar-refractivity contribution in [3.05, 3.63) is 83.6 Å². The second-order valence-electron chi connectivity index (χ2n) is 12.3. The zero-order chi connectivity index (χ0) is 29.5. The summed E-state index contributed by atoms with van der Waals surface area (Å²) in [6.07, 6.45) is 5.74. The van der Waals surface area contributed by atoms with Crippen LogP contribution in [0.5, 0.6) is 5.75 Å². The SMILES string of the molecule is CC(C)(Cc1c[nH]c2c(-c3ccc(C(=O)O)cc3)cccc12)NCC(O)COc1cccc2c1C1(CCCC1)C(=O)N2. The van der Waals surface area contributed by atoms with Crippen molar-refractivity contribution in [1.82, 2.24) is 10.3 Å². The van der Waals surface area contributed by atoms with Crippen LogP contribution in [0.2, 0.25) is 0 Å². The second-order valence-corrected chi connectivity index (χ2v) is 12.3. The largest absolute Gasteiger partial charge is 0.490 e. The number of carboxylic acid groups (broad SMARTS) is 1. The summed E-state index contributed by atoms with van der Waals surface area (Å²) in [5.41, 5.74) is 5.33. The number of aromatic carboxylic acids is 1. The van der Waals surface area contributed by atoms with Gasteiger partial charge < -0.3 is 30.6 Å². The van der Waals surface area contributed by atoms with Gasteiger partial charge in [-0.15, -0.1) is 0 Å². The van der Waals surface area contributed by atoms with E-state index < -0.39 is 17.5 Å². The summed E-state index contributed by atoms with van der Waals surface area (Å²) >= 11 is 0. The maximum Gasteiger partial charge on any atom is 0.335 e. The summed E-state index contributed by atoms with van der Waals surface area (Å²) in [5, 5.41) is 27.7. The average molecular weight is 568 g/mol. The predicted molar refractivity (Wildman–Crippen MR) is 163 cm³/mol. The average Bonchev–Trinajstić information content (AvgIpc) is 3.70. The Kier molecular flexibility index (Phi) is 7.29. The van der Waals surface area contributed by atoms with Crippen LogP contribution in [0.1, 0.15) is 61.0 Å². The van der Waals surface area contributed by atoms with Crippen LogP contribution in [0.25, 0.3) is 22.0 Å². The minimum Gasteiger partial charge on any atom is -0.490 e. The molecule has 0 radical (unpaired) electrons. The number of para-hydroxylation sites is 1. The molecule has 0 bridgehead atoms. The molecule has 2 aliphatic rings. The van der Waals surface area contributed by atoms with Gasteiger partial charge in [-0.2, -0.15) is 0 Å². The Balaban J connectivity index is 1.10. The summed E-state index contributed by atoms with van der Waals surface area (Å²) in [4.78, 5) is 27.5. The molecule has 1 atom stereocenters. The van der Waals surface area contributed by atoms with E-state index in [9.17, 15) is 19.8 Å². The third-order valence-corrected chi connectivity index (χ3v) is 8.77. The number of β-amino-alcohol motifs (C(OH)–C–C–N with tert-alkyl or cyclic N) is 1. The molecule has 1 aromatic heterocycles. The topological polar surface area (TPSA) is 124 Å². The summed E-state index contributed by atoms with van der Waals surface area (Å²) in [6.45, 7) is 4.70. The number of aliphatic hydroxyl groups is 1. The van der Waals surface area contributed by atoms with Crippen LogP contribution in [0.4, 0.5) is 5.69 Å². The monoisotopic (exact) mass is 567 g/mol. The van der Waals surface area contributed by atoms with E-state index in [4.69, 9.17) is 4.74 Å². The van der Waals surface area contributed by atoms with Crippen molar-refractivity contribution in [3.63, 3.8) is 0 Å². The van der Waals surface area contributed by atoms with Gasteiger partial charge in [0, 0.05) is 40.5 Å². The fraction of sp³-hybridized carbons (Fsp3) is 0.353. The molecule has 6 rings (SSSR count). The lowest BCUT2D eigenvalue weighted by atomic mass is 9.79. The number of anilines is 1. The van der Waals surface area contributed by atoms with Gasteiger partial charge in [0.1, 0.15) is 18.5 Å². The molecule has 218 valence electrons. The number of nitrogens with one attached hydrogen (secondary N) is 3. The van der Waals surface area contributed by atoms with Gasteiger partial charge in [0.15, 0.2) is 0 Å². The molecular formula is C34H37N3O5. The number of carbonyl (C=O) groups excluding carboxylic acids is 1. The smallest absolute Gasteiger partial charge is 0.335 e. The molecule has 2 heterocycles. The van der Waals surface area contributed by atoms with Crippen LogP contribution in [0.15, 0.2) is 66.9 Å². The van der Waals surface area contributed by atoms with Crippen LogP contribution in [-0.2, 0) is 16.6 Å². The third kappa shape index (κ3) is 5.16. The molecule has 1 spiro atoms. The Hall–Kier alpha value is -4.14. The molecule has 1 amide bonds. The van der Waals surface area contributed by atoms with Crippen molar-refractivity contribution in [3.8, 4) is 16.9 Å². The van der Waals surface area contributed by atoms with E-state index in [-0.39, 0.29) is 23.6 Å². The Morgan fingerprint density at radius 3 is 2.55 bits per heavy atom. The standard InChI is InChI=1S/C34H37N3O5/c1-33(2,17-23-18-35-30-25(7-5-8-26(23)30)21-11-13-22(14-12-21)31(39)40)36-19-24(38)20-42-28-10-6-9-27-29(28)34(32(41)37-27)15-3-4-16-34/h5-14,18,24,35-36,38H,3-4,15-17,19-20H2,1-2H3,(H,37,41)(H,39,40). The molecule has 8 heteroatoms. The highest BCUT2D eigenvalue weighted by atomic mass is 16.5. The summed E-state index contributed by atoms with van der Waals surface area (Å²) < 4.78 is 6.13. The number of amides is 1. The second kappa shape index (κ2) is 10.9. The van der Waals surface area contributed by atoms with Crippen molar-refractivity contribution in [2.75, 3.05) is 18.5 Å². The number of carboxylic acids is 1. The first-order chi connectivity index (χ1) is 20.2. The quantitative estimate of drug-likeness (QED) is 0.169. The normalized spacial score (nSPS) is 16.5. The van der Waals surface area contributed by atoms with Gasteiger partial charge in [0.05, 0.1) is 16.5 Å².